The van der Waals surface area contributed by atoms with Crippen LogP contribution in [0.4, 0.5) is 0 Å². The van der Waals surface area contributed by atoms with E-state index in [-0.39, 0.29) is 16.8 Å². The van der Waals surface area contributed by atoms with Crippen molar-refractivity contribution in [2.24, 2.45) is 0 Å². The Morgan fingerprint density at radius 3 is 2.83 bits per heavy atom. The number of aromatic nitrogens is 2. The molecular formula is C12H9BrClN3O. The number of rotatable bonds is 3. The molecule has 4 nitrogen and oxygen atoms in total. The average Bonchev–Trinajstić information content (AvgIpc) is 2.37. The van der Waals surface area contributed by atoms with Gasteiger partial charge in [0.25, 0.3) is 5.91 Å². The fraction of sp³-hybridized carbons (Fsp3) is 0.0833. The van der Waals surface area contributed by atoms with Gasteiger partial charge >= 0.3 is 0 Å². The fourth-order valence-electron chi connectivity index (χ4n) is 1.35. The molecule has 1 aromatic carbocycles. The summed E-state index contributed by atoms with van der Waals surface area (Å²) in [5.74, 6) is -0.279. The molecule has 1 amide bonds. The van der Waals surface area contributed by atoms with Gasteiger partial charge in [0.05, 0.1) is 12.4 Å². The molecule has 1 N–H and O–H groups in total. The van der Waals surface area contributed by atoms with E-state index in [0.717, 1.165) is 10.0 Å². The Kier molecular flexibility index (Phi) is 4.28. The normalized spacial score (nSPS) is 10.1. The highest BCUT2D eigenvalue weighted by Gasteiger charge is 2.07. The van der Waals surface area contributed by atoms with Crippen LogP contribution in [0.3, 0.4) is 0 Å². The van der Waals surface area contributed by atoms with E-state index in [4.69, 9.17) is 11.6 Å². The Balaban J connectivity index is 1.98. The lowest BCUT2D eigenvalue weighted by atomic mass is 10.2. The molecule has 92 valence electrons. The van der Waals surface area contributed by atoms with E-state index in [1.54, 1.807) is 0 Å². The van der Waals surface area contributed by atoms with Gasteiger partial charge < -0.3 is 5.32 Å². The minimum Gasteiger partial charge on any atom is -0.347 e. The van der Waals surface area contributed by atoms with E-state index in [2.05, 4.69) is 31.2 Å². The van der Waals surface area contributed by atoms with Gasteiger partial charge in [0.15, 0.2) is 0 Å². The van der Waals surface area contributed by atoms with Crippen LogP contribution < -0.4 is 5.32 Å². The summed E-state index contributed by atoms with van der Waals surface area (Å²) in [7, 11) is 0. The number of nitrogens with one attached hydrogen (secondary N) is 1. The molecule has 2 aromatic rings. The third-order valence-electron chi connectivity index (χ3n) is 2.20. The second-order valence-electron chi connectivity index (χ2n) is 3.54. The summed E-state index contributed by atoms with van der Waals surface area (Å²) in [6.07, 6.45) is 2.69. The van der Waals surface area contributed by atoms with Crippen molar-refractivity contribution in [3.63, 3.8) is 0 Å². The highest BCUT2D eigenvalue weighted by Crippen LogP contribution is 2.11. The summed E-state index contributed by atoms with van der Waals surface area (Å²) in [4.78, 5) is 19.4. The van der Waals surface area contributed by atoms with E-state index in [1.165, 1.54) is 12.4 Å². The van der Waals surface area contributed by atoms with Crippen LogP contribution in [0.1, 0.15) is 16.1 Å². The van der Waals surface area contributed by atoms with E-state index in [1.807, 2.05) is 24.3 Å². The SMILES string of the molecule is O=C(NCc1cccc(Br)c1)c1cnc(Cl)cn1. The molecule has 0 spiro atoms. The first-order valence-corrected chi connectivity index (χ1v) is 6.32. The molecule has 0 aliphatic rings. The monoisotopic (exact) mass is 325 g/mol. The smallest absolute Gasteiger partial charge is 0.271 e. The van der Waals surface area contributed by atoms with Crippen molar-refractivity contribution >= 4 is 33.4 Å². The molecule has 1 aromatic heterocycles. The Hall–Kier alpha value is -1.46. The van der Waals surface area contributed by atoms with Crippen molar-refractivity contribution in [1.29, 1.82) is 0 Å². The highest BCUT2D eigenvalue weighted by molar-refractivity contribution is 9.10. The van der Waals surface area contributed by atoms with Gasteiger partial charge in [-0.05, 0) is 17.7 Å². The van der Waals surface area contributed by atoms with Crippen LogP contribution in [-0.4, -0.2) is 15.9 Å². The van der Waals surface area contributed by atoms with Crippen molar-refractivity contribution in [3.05, 3.63) is 57.5 Å². The molecule has 0 saturated carbocycles. The molecule has 0 unspecified atom stereocenters. The highest BCUT2D eigenvalue weighted by atomic mass is 79.9. The first kappa shape index (κ1) is 13.0. The van der Waals surface area contributed by atoms with Gasteiger partial charge in [-0.2, -0.15) is 0 Å². The quantitative estimate of drug-likeness (QED) is 0.943. The van der Waals surface area contributed by atoms with Crippen LogP contribution in [0.25, 0.3) is 0 Å². The fourth-order valence-corrected chi connectivity index (χ4v) is 1.89. The lowest BCUT2D eigenvalue weighted by molar-refractivity contribution is 0.0945. The van der Waals surface area contributed by atoms with Crippen LogP contribution >= 0.6 is 27.5 Å². The number of amides is 1. The number of benzene rings is 1. The molecule has 1 heterocycles. The third-order valence-corrected chi connectivity index (χ3v) is 2.88. The molecule has 0 bridgehead atoms. The van der Waals surface area contributed by atoms with E-state index >= 15 is 0 Å². The second-order valence-corrected chi connectivity index (χ2v) is 4.84. The number of nitrogens with zero attached hydrogens (tertiary/aromatic N) is 2. The van der Waals surface area contributed by atoms with Gasteiger partial charge in [-0.25, -0.2) is 9.97 Å². The summed E-state index contributed by atoms with van der Waals surface area (Å²) >= 11 is 8.97. The Morgan fingerprint density at radius 1 is 1.33 bits per heavy atom. The predicted molar refractivity (Wildman–Crippen MR) is 72.4 cm³/mol. The van der Waals surface area contributed by atoms with E-state index in [0.29, 0.717) is 6.54 Å². The molecule has 2 rings (SSSR count). The average molecular weight is 327 g/mol. The van der Waals surface area contributed by atoms with Gasteiger partial charge in [0.2, 0.25) is 0 Å². The van der Waals surface area contributed by atoms with Crippen LogP contribution in [0.5, 0.6) is 0 Å². The minimum absolute atomic E-state index is 0.245. The van der Waals surface area contributed by atoms with Crippen molar-refractivity contribution < 1.29 is 4.79 Å². The number of carbonyl (C=O) groups excluding carboxylic acids is 1. The van der Waals surface area contributed by atoms with Crippen molar-refractivity contribution in [3.8, 4) is 0 Å². The van der Waals surface area contributed by atoms with E-state index < -0.39 is 0 Å². The Labute approximate surface area is 118 Å². The molecular weight excluding hydrogens is 318 g/mol. The number of hydrogen-bond acceptors (Lipinski definition) is 3. The van der Waals surface area contributed by atoms with Gasteiger partial charge in [-0.1, -0.05) is 39.7 Å². The molecule has 0 atom stereocenters. The second kappa shape index (κ2) is 5.93. The Morgan fingerprint density at radius 2 is 2.17 bits per heavy atom. The third kappa shape index (κ3) is 3.51. The van der Waals surface area contributed by atoms with Crippen molar-refractivity contribution in [1.82, 2.24) is 15.3 Å². The van der Waals surface area contributed by atoms with Gasteiger partial charge in [-0.3, -0.25) is 4.79 Å². The van der Waals surface area contributed by atoms with Gasteiger partial charge in [0.1, 0.15) is 10.8 Å². The van der Waals surface area contributed by atoms with E-state index in [9.17, 15) is 4.79 Å². The summed E-state index contributed by atoms with van der Waals surface area (Å²) < 4.78 is 0.973. The van der Waals surface area contributed by atoms with Crippen LogP contribution in [0.2, 0.25) is 5.15 Å². The minimum atomic E-state index is -0.279. The topological polar surface area (TPSA) is 54.9 Å². The standard InChI is InChI=1S/C12H9BrClN3O/c13-9-3-1-2-8(4-9)5-17-12(18)10-6-16-11(14)7-15-10/h1-4,6-7H,5H2,(H,17,18). The lowest BCUT2D eigenvalue weighted by Gasteiger charge is -2.05. The van der Waals surface area contributed by atoms with Gasteiger partial charge in [-0.15, -0.1) is 0 Å². The molecule has 0 aliphatic heterocycles. The molecule has 0 saturated heterocycles. The summed E-state index contributed by atoms with van der Waals surface area (Å²) in [6, 6.07) is 7.70. The number of halogens is 2. The molecule has 0 radical (unpaired) electrons. The van der Waals surface area contributed by atoms with Crippen molar-refractivity contribution in [2.45, 2.75) is 6.54 Å². The molecule has 0 fully saturated rings. The first-order valence-electron chi connectivity index (χ1n) is 5.15. The molecule has 18 heavy (non-hydrogen) atoms. The van der Waals surface area contributed by atoms with Crippen LogP contribution in [0, 0.1) is 0 Å². The molecule has 0 aliphatic carbocycles. The maximum Gasteiger partial charge on any atom is 0.271 e. The summed E-state index contributed by atoms with van der Waals surface area (Å²) in [5.41, 5.74) is 1.24. The lowest BCUT2D eigenvalue weighted by Crippen LogP contribution is -2.23. The molecule has 6 heteroatoms. The van der Waals surface area contributed by atoms with Crippen LogP contribution in [-0.2, 0) is 6.54 Å². The summed E-state index contributed by atoms with van der Waals surface area (Å²) in [5, 5.41) is 3.02. The Bertz CT molecular complexity index is 560. The maximum absolute atomic E-state index is 11.7. The van der Waals surface area contributed by atoms with Crippen molar-refractivity contribution in [2.75, 3.05) is 0 Å². The van der Waals surface area contributed by atoms with Gasteiger partial charge in [0, 0.05) is 11.0 Å². The largest absolute Gasteiger partial charge is 0.347 e. The zero-order valence-corrected chi connectivity index (χ0v) is 11.6. The van der Waals surface area contributed by atoms with Crippen LogP contribution in [0.15, 0.2) is 41.1 Å². The zero-order valence-electron chi connectivity index (χ0n) is 9.23. The first-order chi connectivity index (χ1) is 8.65. The number of hydrogen-bond donors (Lipinski definition) is 1. The maximum atomic E-state index is 11.7. The summed E-state index contributed by atoms with van der Waals surface area (Å²) in [6.45, 7) is 0.433. The predicted octanol–water partition coefficient (Wildman–Crippen LogP) is 2.82. The number of carbonyl (C=O) groups is 1. The zero-order chi connectivity index (χ0) is 13.0.